The molecule has 0 unspecified atom stereocenters. The first-order valence-electron chi connectivity index (χ1n) is 6.31. The van der Waals surface area contributed by atoms with E-state index in [2.05, 4.69) is 20.4 Å². The van der Waals surface area contributed by atoms with Crippen molar-refractivity contribution >= 4 is 0 Å². The van der Waals surface area contributed by atoms with Gasteiger partial charge in [-0.05, 0) is 24.3 Å². The highest BCUT2D eigenvalue weighted by Gasteiger charge is 2.08. The molecule has 0 aliphatic carbocycles. The van der Waals surface area contributed by atoms with Gasteiger partial charge in [0.2, 0.25) is 5.82 Å². The molecular formula is C14H14N6. The number of nitrogens with two attached hydrogens (primary N) is 1. The fourth-order valence-electron chi connectivity index (χ4n) is 1.81. The number of hydrogen-bond acceptors (Lipinski definition) is 5. The molecule has 0 bridgehead atoms. The summed E-state index contributed by atoms with van der Waals surface area (Å²) in [6.45, 7) is 1.89. The number of rotatable bonds is 3. The van der Waals surface area contributed by atoms with Crippen LogP contribution in [0.15, 0.2) is 48.7 Å². The minimum atomic E-state index is -0.0902. The molecular weight excluding hydrogens is 252 g/mol. The Morgan fingerprint density at radius 3 is 2.55 bits per heavy atom. The SMILES string of the molecule is C[C@@H](N)c1ccc(-n2nnc(-c3ccccc3)n2)cn1. The van der Waals surface area contributed by atoms with Crippen molar-refractivity contribution in [2.45, 2.75) is 13.0 Å². The minimum absolute atomic E-state index is 0.0902. The second kappa shape index (κ2) is 5.18. The van der Waals surface area contributed by atoms with Crippen LogP contribution in [-0.4, -0.2) is 25.2 Å². The van der Waals surface area contributed by atoms with E-state index in [1.165, 1.54) is 4.80 Å². The molecule has 3 rings (SSSR count). The number of tetrazole rings is 1. The van der Waals surface area contributed by atoms with Gasteiger partial charge in [0.15, 0.2) is 0 Å². The first-order valence-corrected chi connectivity index (χ1v) is 6.31. The van der Waals surface area contributed by atoms with Crippen LogP contribution >= 0.6 is 0 Å². The Kier molecular flexibility index (Phi) is 3.22. The number of aromatic nitrogens is 5. The van der Waals surface area contributed by atoms with E-state index in [-0.39, 0.29) is 6.04 Å². The Hall–Kier alpha value is -2.60. The molecule has 3 aromatic rings. The third-order valence-corrected chi connectivity index (χ3v) is 2.91. The van der Waals surface area contributed by atoms with Crippen molar-refractivity contribution in [2.75, 3.05) is 0 Å². The third kappa shape index (κ3) is 2.41. The Morgan fingerprint density at radius 1 is 1.10 bits per heavy atom. The predicted octanol–water partition coefficient (Wildman–Crippen LogP) is 1.74. The summed E-state index contributed by atoms with van der Waals surface area (Å²) < 4.78 is 0. The van der Waals surface area contributed by atoms with Crippen LogP contribution in [0.25, 0.3) is 17.1 Å². The van der Waals surface area contributed by atoms with Crippen LogP contribution in [0.2, 0.25) is 0 Å². The van der Waals surface area contributed by atoms with Gasteiger partial charge in [-0.3, -0.25) is 4.98 Å². The summed E-state index contributed by atoms with van der Waals surface area (Å²) in [5, 5.41) is 12.4. The van der Waals surface area contributed by atoms with Crippen LogP contribution in [-0.2, 0) is 0 Å². The Bertz CT molecular complexity index is 687. The largest absolute Gasteiger partial charge is 0.323 e. The lowest BCUT2D eigenvalue weighted by molar-refractivity contribution is 0.710. The molecule has 1 aromatic carbocycles. The topological polar surface area (TPSA) is 82.5 Å². The van der Waals surface area contributed by atoms with Gasteiger partial charge in [0.05, 0.1) is 11.9 Å². The van der Waals surface area contributed by atoms with Crippen LogP contribution in [0, 0.1) is 0 Å². The third-order valence-electron chi connectivity index (χ3n) is 2.91. The molecule has 0 aliphatic rings. The van der Waals surface area contributed by atoms with Crippen LogP contribution in [0.4, 0.5) is 0 Å². The first-order chi connectivity index (χ1) is 9.74. The van der Waals surface area contributed by atoms with Crippen molar-refractivity contribution in [3.63, 3.8) is 0 Å². The quantitative estimate of drug-likeness (QED) is 0.780. The van der Waals surface area contributed by atoms with Gasteiger partial charge in [0.25, 0.3) is 0 Å². The molecule has 100 valence electrons. The standard InChI is InChI=1S/C14H14N6/c1-10(15)13-8-7-12(9-16-13)20-18-14(17-19-20)11-5-3-2-4-6-11/h2-10H,15H2,1H3/t10-/m1/s1. The van der Waals surface area contributed by atoms with E-state index in [4.69, 9.17) is 5.73 Å². The van der Waals surface area contributed by atoms with E-state index in [1.54, 1.807) is 6.20 Å². The summed E-state index contributed by atoms with van der Waals surface area (Å²) in [7, 11) is 0. The lowest BCUT2D eigenvalue weighted by atomic mass is 10.2. The van der Waals surface area contributed by atoms with Gasteiger partial charge in [0.1, 0.15) is 5.69 Å². The normalized spacial score (nSPS) is 12.3. The molecule has 6 heteroatoms. The molecule has 0 aliphatic heterocycles. The molecule has 0 spiro atoms. The van der Waals surface area contributed by atoms with Crippen LogP contribution < -0.4 is 5.73 Å². The van der Waals surface area contributed by atoms with Gasteiger partial charge in [-0.15, -0.1) is 15.0 Å². The average Bonchev–Trinajstić information content (AvgIpc) is 2.98. The van der Waals surface area contributed by atoms with Crippen molar-refractivity contribution < 1.29 is 0 Å². The van der Waals surface area contributed by atoms with E-state index in [9.17, 15) is 0 Å². The molecule has 0 saturated carbocycles. The van der Waals surface area contributed by atoms with Crippen molar-refractivity contribution in [1.82, 2.24) is 25.2 Å². The zero-order valence-corrected chi connectivity index (χ0v) is 11.0. The van der Waals surface area contributed by atoms with Crippen molar-refractivity contribution in [1.29, 1.82) is 0 Å². The Morgan fingerprint density at radius 2 is 1.90 bits per heavy atom. The van der Waals surface area contributed by atoms with Gasteiger partial charge in [-0.2, -0.15) is 0 Å². The highest BCUT2D eigenvalue weighted by Crippen LogP contribution is 2.14. The van der Waals surface area contributed by atoms with Crippen molar-refractivity contribution in [3.05, 3.63) is 54.4 Å². The summed E-state index contributed by atoms with van der Waals surface area (Å²) in [5.41, 5.74) is 8.28. The molecule has 2 N–H and O–H groups in total. The van der Waals surface area contributed by atoms with E-state index in [0.717, 1.165) is 16.9 Å². The molecule has 1 atom stereocenters. The van der Waals surface area contributed by atoms with Gasteiger partial charge in [-0.25, -0.2) is 0 Å². The molecule has 2 aromatic heterocycles. The number of benzene rings is 1. The summed E-state index contributed by atoms with van der Waals surface area (Å²) in [5.74, 6) is 0.585. The lowest BCUT2D eigenvalue weighted by Gasteiger charge is -2.04. The van der Waals surface area contributed by atoms with E-state index >= 15 is 0 Å². The average molecular weight is 266 g/mol. The van der Waals surface area contributed by atoms with Gasteiger partial charge >= 0.3 is 0 Å². The van der Waals surface area contributed by atoms with E-state index in [1.807, 2.05) is 49.4 Å². The second-order valence-electron chi connectivity index (χ2n) is 4.50. The van der Waals surface area contributed by atoms with Gasteiger partial charge < -0.3 is 5.73 Å². The second-order valence-corrected chi connectivity index (χ2v) is 4.50. The highest BCUT2D eigenvalue weighted by molar-refractivity contribution is 5.53. The Labute approximate surface area is 116 Å². The minimum Gasteiger partial charge on any atom is -0.323 e. The maximum absolute atomic E-state index is 5.77. The van der Waals surface area contributed by atoms with Gasteiger partial charge in [-0.1, -0.05) is 30.3 Å². The first kappa shape index (κ1) is 12.4. The fourth-order valence-corrected chi connectivity index (χ4v) is 1.81. The Balaban J connectivity index is 1.90. The zero-order chi connectivity index (χ0) is 13.9. The number of pyridine rings is 1. The van der Waals surface area contributed by atoms with Crippen molar-refractivity contribution in [3.8, 4) is 17.1 Å². The summed E-state index contributed by atoms with van der Waals surface area (Å²) in [6, 6.07) is 13.4. The summed E-state index contributed by atoms with van der Waals surface area (Å²) in [6.07, 6.45) is 1.69. The van der Waals surface area contributed by atoms with Crippen molar-refractivity contribution in [2.24, 2.45) is 5.73 Å². The van der Waals surface area contributed by atoms with Crippen LogP contribution in [0.5, 0.6) is 0 Å². The zero-order valence-electron chi connectivity index (χ0n) is 11.0. The molecule has 0 radical (unpaired) electrons. The lowest BCUT2D eigenvalue weighted by Crippen LogP contribution is -2.08. The molecule has 2 heterocycles. The van der Waals surface area contributed by atoms with Gasteiger partial charge in [0, 0.05) is 11.6 Å². The monoisotopic (exact) mass is 266 g/mol. The molecule has 20 heavy (non-hydrogen) atoms. The smallest absolute Gasteiger partial charge is 0.205 e. The van der Waals surface area contributed by atoms with E-state index in [0.29, 0.717) is 5.82 Å². The highest BCUT2D eigenvalue weighted by atomic mass is 15.6. The molecule has 0 fully saturated rings. The van der Waals surface area contributed by atoms with Crippen LogP contribution in [0.1, 0.15) is 18.7 Å². The molecule has 6 nitrogen and oxygen atoms in total. The summed E-state index contributed by atoms with van der Waals surface area (Å²) in [4.78, 5) is 5.74. The number of nitrogens with zero attached hydrogens (tertiary/aromatic N) is 5. The maximum atomic E-state index is 5.77. The maximum Gasteiger partial charge on any atom is 0.205 e. The fraction of sp³-hybridized carbons (Fsp3) is 0.143. The van der Waals surface area contributed by atoms with E-state index < -0.39 is 0 Å². The predicted molar refractivity (Wildman–Crippen MR) is 75.0 cm³/mol. The molecule has 0 amide bonds. The molecule has 0 saturated heterocycles. The summed E-state index contributed by atoms with van der Waals surface area (Å²) >= 11 is 0. The number of hydrogen-bond donors (Lipinski definition) is 1. The van der Waals surface area contributed by atoms with Crippen LogP contribution in [0.3, 0.4) is 0 Å².